The van der Waals surface area contributed by atoms with Crippen LogP contribution in [0.25, 0.3) is 21.1 Å². The van der Waals surface area contributed by atoms with Gasteiger partial charge >= 0.3 is 0 Å². The summed E-state index contributed by atoms with van der Waals surface area (Å²) < 4.78 is 2.21. The number of pyridine rings is 1. The van der Waals surface area contributed by atoms with Crippen LogP contribution in [0, 0.1) is 0 Å². The fraction of sp³-hybridized carbons (Fsp3) is 0.267. The van der Waals surface area contributed by atoms with Crippen molar-refractivity contribution in [1.29, 1.82) is 0 Å². The van der Waals surface area contributed by atoms with Crippen LogP contribution in [-0.2, 0) is 24.3 Å². The quantitative estimate of drug-likeness (QED) is 0.273. The van der Waals surface area contributed by atoms with Gasteiger partial charge in [0.05, 0.1) is 24.2 Å². The largest absolute Gasteiger partial charge is 0.341 e. The van der Waals surface area contributed by atoms with Crippen molar-refractivity contribution in [3.8, 4) is 0 Å². The summed E-state index contributed by atoms with van der Waals surface area (Å²) in [5.74, 6) is 0.877. The number of hydrogen-bond donors (Lipinski definition) is 1. The number of carbonyl (C=O) groups excluding carboxylic acids is 1. The predicted octanol–water partition coefficient (Wildman–Crippen LogP) is 5.23. The minimum Gasteiger partial charge on any atom is -0.341 e. The summed E-state index contributed by atoms with van der Waals surface area (Å²) in [7, 11) is 2.05. The van der Waals surface area contributed by atoms with Crippen LogP contribution in [0.4, 0.5) is 11.5 Å². The number of nitrogens with one attached hydrogen (secondary N) is 1. The average Bonchev–Trinajstić information content (AvgIpc) is 3.54. The lowest BCUT2D eigenvalue weighted by molar-refractivity contribution is -0.126. The number of fused-ring (bicyclic) bond motifs is 4. The van der Waals surface area contributed by atoms with Gasteiger partial charge in [-0.05, 0) is 62.0 Å². The molecular weight excluding hydrogens is 506 g/mol. The molecule has 0 aliphatic carbocycles. The number of hydrogen-bond acceptors (Lipinski definition) is 7. The smallest absolute Gasteiger partial charge is 0.246 e. The molecule has 0 saturated carbocycles. The molecule has 5 heterocycles. The molecule has 0 atom stereocenters. The van der Waals surface area contributed by atoms with Gasteiger partial charge in [-0.2, -0.15) is 0 Å². The molecule has 9 heteroatoms. The highest BCUT2D eigenvalue weighted by Crippen LogP contribution is 2.38. The number of carbonyl (C=O) groups is 1. The van der Waals surface area contributed by atoms with E-state index >= 15 is 0 Å². The van der Waals surface area contributed by atoms with Crippen LogP contribution in [0.15, 0.2) is 73.3 Å². The van der Waals surface area contributed by atoms with Crippen molar-refractivity contribution in [2.45, 2.75) is 26.4 Å². The highest BCUT2D eigenvalue weighted by atomic mass is 32.1. The summed E-state index contributed by atoms with van der Waals surface area (Å²) in [5, 5.41) is 5.77. The highest BCUT2D eigenvalue weighted by Gasteiger charge is 2.25. The van der Waals surface area contributed by atoms with Crippen molar-refractivity contribution in [3.05, 3.63) is 89.5 Å². The monoisotopic (exact) mass is 537 g/mol. The molecule has 4 aromatic heterocycles. The second-order valence-electron chi connectivity index (χ2n) is 9.84. The molecule has 0 bridgehead atoms. The van der Waals surface area contributed by atoms with Gasteiger partial charge in [0.2, 0.25) is 5.91 Å². The molecule has 1 N–H and O–H groups in total. The average molecular weight is 538 g/mol. The summed E-state index contributed by atoms with van der Waals surface area (Å²) in [4.78, 5) is 32.7. The zero-order chi connectivity index (χ0) is 26.8. The molecule has 5 aromatic rings. The Morgan fingerprint density at radius 2 is 2.10 bits per heavy atom. The molecule has 1 aliphatic rings. The Kier molecular flexibility index (Phi) is 7.08. The molecular formula is C30H31N7OS. The van der Waals surface area contributed by atoms with Gasteiger partial charge < -0.3 is 19.7 Å². The minimum atomic E-state index is 0.0651. The number of thiophene rings is 1. The van der Waals surface area contributed by atoms with E-state index in [1.807, 2.05) is 42.4 Å². The number of nitrogens with zero attached hydrogens (tertiary/aromatic N) is 6. The standard InChI is InChI=1S/C30H31N7OS/c1-3-35(2)14-6-8-27(38)37-16-12-24-26(19-37)39-30-28(24)29(32-20-33-30)34-22-9-10-25-21(17-22)11-15-36(25)18-23-7-4-5-13-31-23/h4-11,13,15,17,20H,3,12,14,16,18-19H2,1-2H3,(H,32,33,34). The van der Waals surface area contributed by atoms with E-state index in [-0.39, 0.29) is 5.91 Å². The van der Waals surface area contributed by atoms with Gasteiger partial charge in [0.15, 0.2) is 0 Å². The number of amides is 1. The fourth-order valence-corrected chi connectivity index (χ4v) is 6.20. The Labute approximate surface area is 231 Å². The summed E-state index contributed by atoms with van der Waals surface area (Å²) in [6.45, 7) is 5.87. The molecule has 0 fully saturated rings. The Morgan fingerprint density at radius 3 is 2.95 bits per heavy atom. The van der Waals surface area contributed by atoms with Crippen molar-refractivity contribution in [2.75, 3.05) is 32.0 Å². The summed E-state index contributed by atoms with van der Waals surface area (Å²) in [6, 6.07) is 14.5. The first kappa shape index (κ1) is 25.2. The zero-order valence-corrected chi connectivity index (χ0v) is 23.0. The zero-order valence-electron chi connectivity index (χ0n) is 22.2. The number of aromatic nitrogens is 4. The number of likely N-dealkylation sites (N-methyl/N-ethyl adjacent to an activating group) is 1. The molecule has 8 nitrogen and oxygen atoms in total. The minimum absolute atomic E-state index is 0.0651. The van der Waals surface area contributed by atoms with Crippen molar-refractivity contribution < 1.29 is 4.79 Å². The lowest BCUT2D eigenvalue weighted by atomic mass is 10.0. The van der Waals surface area contributed by atoms with Crippen molar-refractivity contribution in [1.82, 2.24) is 29.3 Å². The van der Waals surface area contributed by atoms with Crippen LogP contribution in [0.3, 0.4) is 0 Å². The maximum Gasteiger partial charge on any atom is 0.246 e. The van der Waals surface area contributed by atoms with Gasteiger partial charge in [-0.15, -0.1) is 11.3 Å². The summed E-state index contributed by atoms with van der Waals surface area (Å²) >= 11 is 1.66. The topological polar surface area (TPSA) is 79.2 Å². The van der Waals surface area contributed by atoms with Gasteiger partial charge in [-0.25, -0.2) is 9.97 Å². The first-order chi connectivity index (χ1) is 19.1. The summed E-state index contributed by atoms with van der Waals surface area (Å²) in [6.07, 6.45) is 9.99. The molecule has 0 saturated heterocycles. The lowest BCUT2D eigenvalue weighted by Gasteiger charge is -2.26. The van der Waals surface area contributed by atoms with Gasteiger partial charge in [-0.1, -0.05) is 19.1 Å². The Balaban J connectivity index is 1.21. The Hall–Kier alpha value is -4.08. The van der Waals surface area contributed by atoms with E-state index in [4.69, 9.17) is 0 Å². The molecule has 39 heavy (non-hydrogen) atoms. The first-order valence-electron chi connectivity index (χ1n) is 13.2. The maximum absolute atomic E-state index is 12.8. The third-order valence-electron chi connectivity index (χ3n) is 7.26. The predicted molar refractivity (Wildman–Crippen MR) is 157 cm³/mol. The third kappa shape index (κ3) is 5.28. The summed E-state index contributed by atoms with van der Waals surface area (Å²) in [5.41, 5.74) is 4.42. The van der Waals surface area contributed by atoms with Crippen LogP contribution in [0.1, 0.15) is 23.1 Å². The maximum atomic E-state index is 12.8. The van der Waals surface area contributed by atoms with E-state index in [1.165, 1.54) is 10.4 Å². The van der Waals surface area contributed by atoms with Gasteiger partial charge in [-0.3, -0.25) is 9.78 Å². The number of rotatable bonds is 8. The van der Waals surface area contributed by atoms with Gasteiger partial charge in [0, 0.05) is 53.0 Å². The van der Waals surface area contributed by atoms with E-state index in [0.717, 1.165) is 64.4 Å². The van der Waals surface area contributed by atoms with E-state index in [9.17, 15) is 4.79 Å². The highest BCUT2D eigenvalue weighted by molar-refractivity contribution is 7.19. The molecule has 1 amide bonds. The lowest BCUT2D eigenvalue weighted by Crippen LogP contribution is -2.34. The van der Waals surface area contributed by atoms with Crippen LogP contribution < -0.4 is 5.32 Å². The second-order valence-corrected chi connectivity index (χ2v) is 10.9. The van der Waals surface area contributed by atoms with Crippen molar-refractivity contribution >= 4 is 49.9 Å². The molecule has 1 aliphatic heterocycles. The Morgan fingerprint density at radius 1 is 1.18 bits per heavy atom. The fourth-order valence-electron chi connectivity index (χ4n) is 5.00. The molecule has 0 radical (unpaired) electrons. The molecule has 0 spiro atoms. The van der Waals surface area contributed by atoms with Crippen LogP contribution >= 0.6 is 11.3 Å². The number of anilines is 2. The van der Waals surface area contributed by atoms with E-state index in [1.54, 1.807) is 23.7 Å². The number of benzene rings is 1. The first-order valence-corrected chi connectivity index (χ1v) is 14.1. The third-order valence-corrected chi connectivity index (χ3v) is 8.38. The Bertz CT molecular complexity index is 1660. The van der Waals surface area contributed by atoms with E-state index in [0.29, 0.717) is 13.1 Å². The van der Waals surface area contributed by atoms with Crippen LogP contribution in [-0.4, -0.2) is 61.9 Å². The van der Waals surface area contributed by atoms with E-state index in [2.05, 4.69) is 67.1 Å². The second kappa shape index (κ2) is 11.0. The molecule has 1 aromatic carbocycles. The SMILES string of the molecule is CCN(C)CC=CC(=O)N1CCc2c(sc3ncnc(Nc4ccc5c(ccn5Cc5ccccn5)c4)c23)C1. The molecule has 198 valence electrons. The van der Waals surface area contributed by atoms with Gasteiger partial charge in [0.1, 0.15) is 17.0 Å². The molecule has 0 unspecified atom stereocenters. The van der Waals surface area contributed by atoms with Crippen molar-refractivity contribution in [3.63, 3.8) is 0 Å². The van der Waals surface area contributed by atoms with Gasteiger partial charge in [0.25, 0.3) is 0 Å². The van der Waals surface area contributed by atoms with E-state index < -0.39 is 0 Å². The van der Waals surface area contributed by atoms with Crippen LogP contribution in [0.5, 0.6) is 0 Å². The normalized spacial score (nSPS) is 13.6. The van der Waals surface area contributed by atoms with Crippen LogP contribution in [0.2, 0.25) is 0 Å². The molecule has 6 rings (SSSR count). The van der Waals surface area contributed by atoms with Crippen molar-refractivity contribution in [2.24, 2.45) is 0 Å².